The highest BCUT2D eigenvalue weighted by Crippen LogP contribution is 2.40. The molecule has 2 aromatic carbocycles. The van der Waals surface area contributed by atoms with E-state index in [0.29, 0.717) is 93.9 Å². The molecular weight excluding hydrogens is 869 g/mol. The van der Waals surface area contributed by atoms with Crippen molar-refractivity contribution in [1.82, 2.24) is 20.2 Å². The zero-order chi connectivity index (χ0) is 42.1. The van der Waals surface area contributed by atoms with Gasteiger partial charge in [0.05, 0.1) is 39.7 Å². The largest absolute Gasteiger partial charge is 0.508 e. The minimum atomic E-state index is -1.94. The van der Waals surface area contributed by atoms with E-state index in [4.69, 9.17) is 14.6 Å². The topological polar surface area (TPSA) is 234 Å². The number of hydrogen-bond acceptors (Lipinski definition) is 15. The van der Waals surface area contributed by atoms with E-state index in [-0.39, 0.29) is 65.8 Å². The number of amides is 2. The van der Waals surface area contributed by atoms with Gasteiger partial charge in [0.1, 0.15) is 30.4 Å². The van der Waals surface area contributed by atoms with E-state index in [9.17, 15) is 39.7 Å². The zero-order valence-electron chi connectivity index (χ0n) is 32.0. The smallest absolute Gasteiger partial charge is 0.343 e. The van der Waals surface area contributed by atoms with Crippen LogP contribution in [0.3, 0.4) is 0 Å². The van der Waals surface area contributed by atoms with Crippen molar-refractivity contribution in [2.45, 2.75) is 64.2 Å². The van der Waals surface area contributed by atoms with Crippen LogP contribution in [-0.4, -0.2) is 91.0 Å². The van der Waals surface area contributed by atoms with E-state index in [2.05, 4.69) is 36.9 Å². The first-order valence-electron chi connectivity index (χ1n) is 18.9. The summed E-state index contributed by atoms with van der Waals surface area (Å²) in [5, 5.41) is 54.0. The van der Waals surface area contributed by atoms with Crippen LogP contribution >= 0.6 is 37.5 Å². The molecule has 1 atom stereocenters. The third-order valence-electron chi connectivity index (χ3n) is 9.94. The van der Waals surface area contributed by atoms with E-state index < -0.39 is 17.5 Å². The monoisotopic (exact) mass is 910 g/mol. The maximum atomic E-state index is 13.7. The van der Waals surface area contributed by atoms with Crippen LogP contribution in [-0.2, 0) is 49.1 Å². The number of phenols is 2. The van der Waals surface area contributed by atoms with Crippen molar-refractivity contribution in [3.8, 4) is 22.9 Å². The molecule has 0 radical (unpaired) electrons. The number of nitrogens with one attached hydrogen (secondary N) is 2. The van der Waals surface area contributed by atoms with Crippen molar-refractivity contribution < 1.29 is 44.5 Å². The van der Waals surface area contributed by atoms with E-state index in [1.807, 2.05) is 0 Å². The highest BCUT2D eigenvalue weighted by Gasteiger charge is 2.45. The van der Waals surface area contributed by atoms with Gasteiger partial charge in [-0.3, -0.25) is 14.4 Å². The van der Waals surface area contributed by atoms with E-state index in [0.717, 1.165) is 6.42 Å². The van der Waals surface area contributed by atoms with Crippen LogP contribution < -0.4 is 16.2 Å². The molecule has 16 nitrogen and oxygen atoms in total. The first kappa shape index (κ1) is 43.5. The molecule has 312 valence electrons. The number of carbonyl (C=O) groups excluding carboxylic acids is 3. The number of aromatic nitrogens is 2. The predicted octanol–water partition coefficient (Wildman–Crippen LogP) is 4.85. The van der Waals surface area contributed by atoms with Crippen LogP contribution in [0.15, 0.2) is 62.0 Å². The number of benzene rings is 2. The lowest BCUT2D eigenvalue weighted by atomic mass is 9.86. The number of fused-ring (bicyclic) bond motifs is 5. The van der Waals surface area contributed by atoms with E-state index in [1.54, 1.807) is 58.8 Å². The molecule has 4 aromatic rings. The summed E-state index contributed by atoms with van der Waals surface area (Å²) >= 11 is 3.22. The number of hydrogen-bond donors (Lipinski definition) is 6. The quantitative estimate of drug-likeness (QED) is 0.0163. The molecule has 0 saturated carbocycles. The van der Waals surface area contributed by atoms with Crippen molar-refractivity contribution in [1.29, 1.82) is 0 Å². The summed E-state index contributed by atoms with van der Waals surface area (Å²) in [6.45, 7) is 2.75. The van der Waals surface area contributed by atoms with Crippen LogP contribution in [0.25, 0.3) is 22.3 Å². The number of halogens is 1. The SMILES string of the molecule is CC[C@@]1(O)C(=O)OCc2c1cc1n(c2=O)Cc2c-1nc1ccc(O)cc1c2/C=N/OCCCCCC(=O)NCCSSCCNC(=O)/C(Cc1ccc(O)c(Br)c1)=N\O. The van der Waals surface area contributed by atoms with Crippen LogP contribution in [0.5, 0.6) is 11.5 Å². The van der Waals surface area contributed by atoms with Crippen molar-refractivity contribution in [3.05, 3.63) is 85.1 Å². The minimum Gasteiger partial charge on any atom is -0.508 e. The molecule has 19 heteroatoms. The van der Waals surface area contributed by atoms with Crippen LogP contribution in [0.1, 0.15) is 66.8 Å². The summed E-state index contributed by atoms with van der Waals surface area (Å²) in [4.78, 5) is 61.3. The van der Waals surface area contributed by atoms with Gasteiger partial charge in [0.15, 0.2) is 5.60 Å². The molecule has 6 rings (SSSR count). The summed E-state index contributed by atoms with van der Waals surface area (Å²) < 4.78 is 7.19. The maximum Gasteiger partial charge on any atom is 0.343 e. The highest BCUT2D eigenvalue weighted by molar-refractivity contribution is 9.10. The van der Waals surface area contributed by atoms with Crippen LogP contribution in [0.4, 0.5) is 0 Å². The molecule has 0 fully saturated rings. The van der Waals surface area contributed by atoms with Crippen molar-refractivity contribution in [2.24, 2.45) is 10.3 Å². The molecule has 2 aliphatic rings. The van der Waals surface area contributed by atoms with Crippen LogP contribution in [0, 0.1) is 0 Å². The van der Waals surface area contributed by atoms with Gasteiger partial charge in [0.2, 0.25) is 5.91 Å². The first-order chi connectivity index (χ1) is 28.4. The number of aromatic hydroxyl groups is 2. The lowest BCUT2D eigenvalue weighted by Crippen LogP contribution is -2.44. The number of pyridine rings is 2. The number of aliphatic hydroxyl groups is 1. The summed E-state index contributed by atoms with van der Waals surface area (Å²) in [6.07, 6.45) is 4.13. The number of oxime groups is 2. The Kier molecular flexibility index (Phi) is 14.6. The molecule has 6 N–H and O–H groups in total. The zero-order valence-corrected chi connectivity index (χ0v) is 35.3. The Morgan fingerprint density at radius 2 is 1.83 bits per heavy atom. The van der Waals surface area contributed by atoms with Gasteiger partial charge < -0.3 is 45.3 Å². The minimum absolute atomic E-state index is 0.0311. The number of carbonyl (C=O) groups is 3. The van der Waals surface area contributed by atoms with E-state index >= 15 is 0 Å². The van der Waals surface area contributed by atoms with Gasteiger partial charge in [0.25, 0.3) is 11.5 Å². The average Bonchev–Trinajstić information content (AvgIpc) is 3.59. The van der Waals surface area contributed by atoms with Gasteiger partial charge in [-0.15, -0.1) is 0 Å². The fourth-order valence-corrected chi connectivity index (χ4v) is 9.02. The second-order valence-corrected chi connectivity index (χ2v) is 17.4. The molecule has 0 saturated heterocycles. The molecular formula is C40H43BrN6O10S2. The first-order valence-corrected chi connectivity index (χ1v) is 22.2. The standard InChI is InChI=1S/C40H43BrN6O10S2/c1-2-40(54)29-19-33-36-27(21-47(33)38(52)28(29)22-56-39(40)53)26(25-18-24(48)8-9-31(25)45-36)20-44-57-13-5-3-4-6-35(50)42-11-14-58-59-15-12-43-37(51)32(46-55)17-23-7-10-34(49)30(41)16-23/h7-10,16,18-20,48-49,54-55H,2-6,11-15,17,21-22H2,1H3,(H,42,50)(H,43,51)/b44-20+,46-32-/t40-/m0/s1. The third kappa shape index (κ3) is 10.0. The molecule has 2 amide bonds. The molecule has 2 aliphatic heterocycles. The van der Waals surface area contributed by atoms with Gasteiger partial charge in [-0.25, -0.2) is 9.78 Å². The number of phenolic OH excluding ortho intramolecular Hbond substituents is 2. The molecule has 0 bridgehead atoms. The van der Waals surface area contributed by atoms with E-state index in [1.165, 1.54) is 22.9 Å². The van der Waals surface area contributed by atoms with Crippen molar-refractivity contribution in [2.75, 3.05) is 31.2 Å². The molecule has 4 heterocycles. The Labute approximate surface area is 355 Å². The Morgan fingerprint density at radius 1 is 1.05 bits per heavy atom. The lowest BCUT2D eigenvalue weighted by molar-refractivity contribution is -0.172. The maximum absolute atomic E-state index is 13.7. The van der Waals surface area contributed by atoms with Crippen LogP contribution in [0.2, 0.25) is 0 Å². The normalized spacial score (nSPS) is 15.8. The van der Waals surface area contributed by atoms with Gasteiger partial charge in [-0.1, -0.05) is 44.9 Å². The summed E-state index contributed by atoms with van der Waals surface area (Å²) in [5.41, 5.74) is 1.56. The van der Waals surface area contributed by atoms with Gasteiger partial charge in [-0.05, 0) is 83.6 Å². The molecule has 0 aliphatic carbocycles. The number of ether oxygens (including phenoxy) is 1. The fourth-order valence-electron chi connectivity index (χ4n) is 6.78. The second kappa shape index (κ2) is 19.8. The Bertz CT molecular complexity index is 2370. The van der Waals surface area contributed by atoms with Gasteiger partial charge >= 0.3 is 5.97 Å². The summed E-state index contributed by atoms with van der Waals surface area (Å²) in [6, 6.07) is 11.2. The number of esters is 1. The summed E-state index contributed by atoms with van der Waals surface area (Å²) in [7, 11) is 3.12. The number of unbranched alkanes of at least 4 members (excludes halogenated alkanes) is 2. The second-order valence-electron chi connectivity index (χ2n) is 13.8. The van der Waals surface area contributed by atoms with Crippen molar-refractivity contribution in [3.63, 3.8) is 0 Å². The lowest BCUT2D eigenvalue weighted by Gasteiger charge is -2.31. The Balaban J connectivity index is 0.898. The Hall–Kier alpha value is -5.11. The average molecular weight is 912 g/mol. The van der Waals surface area contributed by atoms with Gasteiger partial charge in [-0.2, -0.15) is 0 Å². The number of nitrogens with zero attached hydrogens (tertiary/aromatic N) is 4. The number of cyclic esters (lactones) is 1. The highest BCUT2D eigenvalue weighted by atomic mass is 79.9. The van der Waals surface area contributed by atoms with Gasteiger partial charge in [0, 0.05) is 59.5 Å². The molecule has 2 aromatic heterocycles. The molecule has 59 heavy (non-hydrogen) atoms. The number of rotatable bonds is 19. The fraction of sp³-hybridized carbons (Fsp3) is 0.375. The molecule has 0 unspecified atom stereocenters. The molecule has 0 spiro atoms. The summed E-state index contributed by atoms with van der Waals surface area (Å²) in [5.74, 6) is 0.0931. The third-order valence-corrected chi connectivity index (χ3v) is 13.0. The predicted molar refractivity (Wildman–Crippen MR) is 228 cm³/mol. The van der Waals surface area contributed by atoms with Crippen molar-refractivity contribution >= 4 is 78.1 Å². The Morgan fingerprint density at radius 3 is 2.58 bits per heavy atom.